The Labute approximate surface area is 262 Å². The second kappa shape index (κ2) is 14.5. The Balaban J connectivity index is 0.00000141. The van der Waals surface area contributed by atoms with Gasteiger partial charge in [0.1, 0.15) is 12.4 Å². The third-order valence-corrected chi connectivity index (χ3v) is 7.96. The summed E-state index contributed by atoms with van der Waals surface area (Å²) in [5.74, 6) is 0.0357. The van der Waals surface area contributed by atoms with E-state index < -0.39 is 12.7 Å². The lowest BCUT2D eigenvalue weighted by atomic mass is 9.84. The summed E-state index contributed by atoms with van der Waals surface area (Å²) >= 11 is 6.90. The van der Waals surface area contributed by atoms with Crippen molar-refractivity contribution in [2.75, 3.05) is 43.5 Å². The predicted molar refractivity (Wildman–Crippen MR) is 172 cm³/mol. The fourth-order valence-corrected chi connectivity index (χ4v) is 5.87. The van der Waals surface area contributed by atoms with Crippen LogP contribution < -0.4 is 10.6 Å². The lowest BCUT2D eigenvalue weighted by Gasteiger charge is -2.41. The van der Waals surface area contributed by atoms with Crippen molar-refractivity contribution in [2.24, 2.45) is 5.92 Å². The summed E-state index contributed by atoms with van der Waals surface area (Å²) in [6, 6.07) is 12.7. The number of hydrogen-bond acceptors (Lipinski definition) is 7. The largest absolute Gasteiger partial charge is 0.455 e. The van der Waals surface area contributed by atoms with Gasteiger partial charge in [-0.05, 0) is 60.4 Å². The van der Waals surface area contributed by atoms with E-state index in [0.717, 1.165) is 41.9 Å². The number of hydrogen-bond donors (Lipinski definition) is 2. The van der Waals surface area contributed by atoms with Crippen molar-refractivity contribution in [3.05, 3.63) is 82.3 Å². The van der Waals surface area contributed by atoms with Crippen molar-refractivity contribution >= 4 is 41.6 Å². The van der Waals surface area contributed by atoms with Gasteiger partial charge >= 0.3 is 6.18 Å². The molecule has 1 saturated heterocycles. The van der Waals surface area contributed by atoms with Crippen LogP contribution in [0.5, 0.6) is 0 Å². The fraction of sp³-hybridized carbons (Fsp3) is 0.375. The third-order valence-electron chi connectivity index (χ3n) is 7.67. The zero-order chi connectivity index (χ0) is 32.0. The van der Waals surface area contributed by atoms with Crippen LogP contribution in [-0.4, -0.2) is 66.4 Å². The Morgan fingerprint density at radius 1 is 1.14 bits per heavy atom. The number of benzene rings is 2. The molecular weight excluding hydrogens is 590 g/mol. The molecule has 5 rings (SSSR count). The van der Waals surface area contributed by atoms with Gasteiger partial charge in [-0.3, -0.25) is 4.98 Å². The molecule has 2 aliphatic rings. The Kier molecular flexibility index (Phi) is 11.0. The molecule has 3 aromatic rings. The van der Waals surface area contributed by atoms with Gasteiger partial charge < -0.3 is 25.3 Å². The minimum absolute atomic E-state index is 0.302. The van der Waals surface area contributed by atoms with Crippen molar-refractivity contribution < 1.29 is 22.9 Å². The number of aromatic nitrogens is 2. The number of ether oxygens (including phenoxy) is 1. The van der Waals surface area contributed by atoms with Gasteiger partial charge in [-0.1, -0.05) is 56.0 Å². The quantitative estimate of drug-likeness (QED) is 0.287. The smallest absolute Gasteiger partial charge is 0.406 e. The highest BCUT2D eigenvalue weighted by atomic mass is 35.5. The molecule has 1 aliphatic carbocycles. The molecule has 1 aromatic heterocycles. The first-order valence-electron chi connectivity index (χ1n) is 14.5. The number of nitrogens with two attached hydrogens (primary N) is 1. The van der Waals surface area contributed by atoms with Crippen LogP contribution in [0.25, 0.3) is 22.2 Å². The van der Waals surface area contributed by atoms with Gasteiger partial charge in [0.25, 0.3) is 7.48 Å². The molecule has 3 N–H and O–H groups in total. The van der Waals surface area contributed by atoms with Gasteiger partial charge in [-0.2, -0.15) is 13.2 Å². The molecule has 12 heteroatoms. The van der Waals surface area contributed by atoms with Gasteiger partial charge in [0.2, 0.25) is 0 Å². The molecule has 233 valence electrons. The first-order chi connectivity index (χ1) is 21.0. The number of alkyl halides is 3. The van der Waals surface area contributed by atoms with Crippen LogP contribution in [0.3, 0.4) is 0 Å². The summed E-state index contributed by atoms with van der Waals surface area (Å²) in [5, 5.41) is 7.89. The van der Waals surface area contributed by atoms with E-state index in [2.05, 4.69) is 21.8 Å². The van der Waals surface area contributed by atoms with Crippen molar-refractivity contribution in [2.45, 2.75) is 40.2 Å². The Morgan fingerprint density at radius 2 is 1.77 bits per heavy atom. The van der Waals surface area contributed by atoms with Crippen LogP contribution in [-0.2, 0) is 4.74 Å². The maximum atomic E-state index is 14.0. The van der Waals surface area contributed by atoms with Gasteiger partial charge in [0.05, 0.1) is 41.2 Å². The summed E-state index contributed by atoms with van der Waals surface area (Å²) in [6.07, 6.45) is -0.461. The monoisotopic (exact) mass is 626 g/mol. The van der Waals surface area contributed by atoms with Crippen molar-refractivity contribution in [3.63, 3.8) is 0 Å². The fourth-order valence-electron chi connectivity index (χ4n) is 5.54. The molecule has 0 amide bonds. The van der Waals surface area contributed by atoms with E-state index in [1.54, 1.807) is 25.0 Å². The zero-order valence-electron chi connectivity index (χ0n) is 25.3. The molecule has 1 unspecified atom stereocenters. The maximum Gasteiger partial charge on any atom is 0.406 e. The van der Waals surface area contributed by atoms with Crippen LogP contribution in [0, 0.1) is 5.92 Å². The van der Waals surface area contributed by atoms with Crippen molar-refractivity contribution in [1.82, 2.24) is 14.9 Å². The molecule has 7 nitrogen and oxygen atoms in total. The number of halogens is 4. The van der Waals surface area contributed by atoms with E-state index in [9.17, 15) is 13.2 Å². The highest BCUT2D eigenvalue weighted by Gasteiger charge is 2.38. The van der Waals surface area contributed by atoms with Crippen molar-refractivity contribution in [3.8, 4) is 11.1 Å². The van der Waals surface area contributed by atoms with Crippen LogP contribution >= 0.6 is 11.6 Å². The number of rotatable bonds is 6. The van der Waals surface area contributed by atoms with E-state index in [1.807, 2.05) is 44.2 Å². The van der Waals surface area contributed by atoms with E-state index in [0.29, 0.717) is 59.6 Å². The molecule has 0 spiro atoms. The number of morpholine rings is 1. The molecule has 1 fully saturated rings. The second-order valence-corrected chi connectivity index (χ2v) is 11.0. The Morgan fingerprint density at radius 3 is 2.39 bits per heavy atom. The summed E-state index contributed by atoms with van der Waals surface area (Å²) < 4.78 is 47.6. The highest BCUT2D eigenvalue weighted by molar-refractivity contribution is 6.32. The molecule has 0 bridgehead atoms. The topological polar surface area (TPSA) is 87.7 Å². The molecule has 44 heavy (non-hydrogen) atoms. The number of nitrogens with zero attached hydrogens (tertiary/aromatic N) is 4. The molecule has 1 aliphatic heterocycles. The van der Waals surface area contributed by atoms with Crippen LogP contribution in [0.4, 0.5) is 24.7 Å². The van der Waals surface area contributed by atoms with E-state index in [1.165, 1.54) is 11.1 Å². The summed E-state index contributed by atoms with van der Waals surface area (Å²) in [7, 11) is 1.00. The average molecular weight is 627 g/mol. The molecule has 0 saturated carbocycles. The lowest BCUT2D eigenvalue weighted by Crippen LogP contribution is -2.41. The van der Waals surface area contributed by atoms with Crippen LogP contribution in [0.1, 0.15) is 27.2 Å². The standard InChI is InChI=1S/C31H33ClF3N5O.CH4BO/c1-4-19(2)29-20(3)27(16-24(32)30(29)39-11-13-41-14-12-39)40(18-31(33,34)35)23-8-5-21(6-9-23)22-7-10-25-26(15-22)37-17-28(36)38-25;1-2-3/h5-10,15-17,20H,4,11-14,18H2,1-3H3,(H2,36,38);3H,1H3. The minimum atomic E-state index is -4.43. The average Bonchev–Trinajstić information content (AvgIpc) is 3.00. The normalized spacial score (nSPS) is 18.4. The molecule has 1 radical (unpaired) electrons. The van der Waals surface area contributed by atoms with Crippen molar-refractivity contribution in [1.29, 1.82) is 0 Å². The second-order valence-electron chi connectivity index (χ2n) is 10.6. The Hall–Kier alpha value is -3.54. The molecule has 2 aromatic carbocycles. The zero-order valence-corrected chi connectivity index (χ0v) is 26.1. The number of anilines is 2. The van der Waals surface area contributed by atoms with Gasteiger partial charge in [-0.25, -0.2) is 4.98 Å². The number of fused-ring (bicyclic) bond motifs is 1. The lowest BCUT2D eigenvalue weighted by molar-refractivity contribution is -0.119. The van der Waals surface area contributed by atoms with Crippen LogP contribution in [0.15, 0.2) is 82.3 Å². The summed E-state index contributed by atoms with van der Waals surface area (Å²) in [4.78, 5) is 12.1. The van der Waals surface area contributed by atoms with Gasteiger partial charge in [0.15, 0.2) is 0 Å². The molecule has 2 heterocycles. The van der Waals surface area contributed by atoms with E-state index in [4.69, 9.17) is 27.1 Å². The molecular formula is C32H37BClF3N5O2. The van der Waals surface area contributed by atoms with Crippen LogP contribution in [0.2, 0.25) is 6.82 Å². The maximum absolute atomic E-state index is 14.0. The first kappa shape index (κ1) is 33.4. The van der Waals surface area contributed by atoms with Gasteiger partial charge in [0, 0.05) is 30.4 Å². The van der Waals surface area contributed by atoms with E-state index in [-0.39, 0.29) is 5.92 Å². The number of allylic oxidation sites excluding steroid dienone is 5. The predicted octanol–water partition coefficient (Wildman–Crippen LogP) is 6.94. The summed E-state index contributed by atoms with van der Waals surface area (Å²) in [6.45, 7) is 9.01. The first-order valence-corrected chi connectivity index (χ1v) is 14.9. The van der Waals surface area contributed by atoms with Gasteiger partial charge in [-0.15, -0.1) is 0 Å². The third kappa shape index (κ3) is 7.75. The highest BCUT2D eigenvalue weighted by Crippen LogP contribution is 2.43. The summed E-state index contributed by atoms with van der Waals surface area (Å²) in [5.41, 5.74) is 12.8. The molecule has 1 atom stereocenters. The number of nitrogen functional groups attached to an aromatic ring is 1. The minimum Gasteiger partial charge on any atom is -0.455 e. The SMILES string of the molecule is CCC(C)=C1C(N2CCOCC2)=C(Cl)C=C(N(CC(F)(F)F)c2ccc(-c3ccc4nc(N)cnc4c3)cc2)C1C.C[B]O. The Bertz CT molecular complexity index is 1550. The van der Waals surface area contributed by atoms with E-state index >= 15 is 0 Å².